The molecule has 320 valence electrons. The average Bonchev–Trinajstić information content (AvgIpc) is 3.95. The Morgan fingerprint density at radius 1 is 0.607 bits per heavy atom. The summed E-state index contributed by atoms with van der Waals surface area (Å²) >= 11 is 0. The Kier molecular flexibility index (Phi) is 14.7. The molecular weight excluding hydrogens is 819 g/mol. The van der Waals surface area contributed by atoms with Gasteiger partial charge in [0.25, 0.3) is 20.0 Å². The van der Waals surface area contributed by atoms with Crippen molar-refractivity contribution < 1.29 is 35.9 Å². The number of ether oxygens (including phenoxy) is 2. The monoisotopic (exact) mass is 867 g/mol. The maximum absolute atomic E-state index is 13.3. The molecule has 61 heavy (non-hydrogen) atoms. The van der Waals surface area contributed by atoms with E-state index in [1.54, 1.807) is 24.3 Å². The summed E-state index contributed by atoms with van der Waals surface area (Å²) < 4.78 is 65.5. The fraction of sp³-hybridized carbons (Fsp3) is 0.273. The molecule has 6 aromatic rings. The van der Waals surface area contributed by atoms with Gasteiger partial charge in [-0.3, -0.25) is 4.90 Å². The molecule has 0 aliphatic rings. The van der Waals surface area contributed by atoms with Crippen LogP contribution in [0.5, 0.6) is 0 Å². The summed E-state index contributed by atoms with van der Waals surface area (Å²) in [5.41, 5.74) is 4.33. The number of carbonyl (C=O) groups is 2. The first-order valence-corrected chi connectivity index (χ1v) is 22.5. The number of nitrogens with one attached hydrogen (secondary N) is 2. The van der Waals surface area contributed by atoms with Gasteiger partial charge in [-0.15, -0.1) is 0 Å². The molecule has 2 atom stereocenters. The fourth-order valence-corrected chi connectivity index (χ4v) is 8.85. The quantitative estimate of drug-likeness (QED) is 0.0994. The Hall–Kier alpha value is -6.30. The van der Waals surface area contributed by atoms with Crippen molar-refractivity contribution in [1.29, 1.82) is 0 Å². The van der Waals surface area contributed by atoms with Crippen molar-refractivity contribution in [2.24, 2.45) is 0 Å². The van der Waals surface area contributed by atoms with E-state index in [1.165, 1.54) is 49.3 Å². The predicted octanol–water partition coefficient (Wildman–Crippen LogP) is 5.87. The van der Waals surface area contributed by atoms with E-state index in [2.05, 4.69) is 25.5 Å². The van der Waals surface area contributed by atoms with Crippen molar-refractivity contribution in [3.63, 3.8) is 0 Å². The van der Waals surface area contributed by atoms with Crippen LogP contribution in [0.1, 0.15) is 40.6 Å². The summed E-state index contributed by atoms with van der Waals surface area (Å²) in [6.45, 7) is 6.55. The first-order chi connectivity index (χ1) is 29.3. The molecule has 2 heterocycles. The number of hydrogen-bond acceptors (Lipinski definition) is 11. The van der Waals surface area contributed by atoms with Gasteiger partial charge in [-0.1, -0.05) is 103 Å². The van der Waals surface area contributed by atoms with Gasteiger partial charge in [0.2, 0.25) is 0 Å². The normalized spacial score (nSPS) is 12.7. The van der Waals surface area contributed by atoms with E-state index in [0.29, 0.717) is 32.5 Å². The molecule has 4 aromatic carbocycles. The summed E-state index contributed by atoms with van der Waals surface area (Å²) in [6.07, 6.45) is 4.52. The van der Waals surface area contributed by atoms with Gasteiger partial charge in [0.05, 0.1) is 21.2 Å². The third-order valence-electron chi connectivity index (χ3n) is 9.82. The number of hydrogen-bond donors (Lipinski definition) is 2. The number of alkyl carbamates (subject to hydrolysis) is 2. The van der Waals surface area contributed by atoms with Crippen molar-refractivity contribution in [2.45, 2.75) is 68.7 Å². The second kappa shape index (κ2) is 20.3. The highest BCUT2D eigenvalue weighted by molar-refractivity contribution is 7.90. The molecule has 2 amide bonds. The maximum atomic E-state index is 13.3. The number of likely N-dealkylation sites (N-methyl/N-ethyl adjacent to an activating group) is 1. The molecule has 6 rings (SSSR count). The molecule has 0 fully saturated rings. The largest absolute Gasteiger partial charge is 0.443 e. The molecule has 0 aliphatic heterocycles. The lowest BCUT2D eigenvalue weighted by Crippen LogP contribution is -2.50. The van der Waals surface area contributed by atoms with Gasteiger partial charge >= 0.3 is 12.2 Å². The Balaban J connectivity index is 1.09. The minimum absolute atomic E-state index is 0.111. The summed E-state index contributed by atoms with van der Waals surface area (Å²) in [7, 11) is -7.75. The van der Waals surface area contributed by atoms with E-state index in [9.17, 15) is 26.4 Å². The standard InChI is InChI=1S/C44H49N7O8S2/c1-4-49(25-37(23-35-11-7-5-8-12-35)47-43(52)58-29-39-27-50(31-45-39)60(54,55)41-19-15-33(2)16-20-41)26-38(24-36-13-9-6-10-14-36)48-44(53)59-30-40-28-51(32-46-40)61(56,57)42-21-17-34(3)18-22-42/h5-22,27-28,31-32,37-38H,4,23-26,29-30H2,1-3H3,(H,47,52)(H,48,53)/t37-,38-/m1/s1. The topological polar surface area (TPSA) is 184 Å². The minimum atomic E-state index is -3.88. The number of aryl methyl sites for hydroxylation is 2. The molecule has 0 aliphatic carbocycles. The number of benzene rings is 4. The van der Waals surface area contributed by atoms with Crippen LogP contribution in [0, 0.1) is 13.8 Å². The Bertz CT molecular complexity index is 2400. The summed E-state index contributed by atoms with van der Waals surface area (Å²) in [5, 5.41) is 5.95. The van der Waals surface area contributed by atoms with E-state index in [4.69, 9.17) is 9.47 Å². The van der Waals surface area contributed by atoms with Crippen LogP contribution in [0.3, 0.4) is 0 Å². The summed E-state index contributed by atoms with van der Waals surface area (Å²) in [6, 6.07) is 31.5. The van der Waals surface area contributed by atoms with Gasteiger partial charge in [-0.05, 0) is 68.6 Å². The minimum Gasteiger partial charge on any atom is -0.443 e. The number of nitrogens with zero attached hydrogens (tertiary/aromatic N) is 5. The average molecular weight is 868 g/mol. The van der Waals surface area contributed by atoms with Crippen LogP contribution in [0.4, 0.5) is 9.59 Å². The number of imidazole rings is 2. The molecule has 17 heteroatoms. The first-order valence-electron chi connectivity index (χ1n) is 19.7. The van der Waals surface area contributed by atoms with Crippen LogP contribution in [0.15, 0.2) is 144 Å². The SMILES string of the molecule is CCN(C[C@@H](Cc1ccccc1)NC(=O)OCc1cn(S(=O)(=O)c2ccc(C)cc2)cn1)C[C@@H](Cc1ccccc1)NC(=O)OCc1cn(S(=O)(=O)c2ccc(C)cc2)cn1. The number of amides is 2. The van der Waals surface area contributed by atoms with Gasteiger partial charge in [0, 0.05) is 37.6 Å². The molecule has 0 bridgehead atoms. The first kappa shape index (κ1) is 44.3. The Morgan fingerprint density at radius 2 is 0.984 bits per heavy atom. The van der Waals surface area contributed by atoms with Crippen LogP contribution in [-0.2, 0) is 55.6 Å². The third-order valence-corrected chi connectivity index (χ3v) is 13.1. The fourth-order valence-electron chi connectivity index (χ4n) is 6.54. The second-order valence-corrected chi connectivity index (χ2v) is 18.3. The smallest absolute Gasteiger partial charge is 0.407 e. The van der Waals surface area contributed by atoms with Crippen molar-refractivity contribution in [1.82, 2.24) is 33.4 Å². The molecule has 0 spiro atoms. The van der Waals surface area contributed by atoms with Crippen LogP contribution >= 0.6 is 0 Å². The number of carbonyl (C=O) groups excluding carboxylic acids is 2. The van der Waals surface area contributed by atoms with E-state index in [-0.39, 0.29) is 34.4 Å². The molecule has 0 saturated heterocycles. The zero-order valence-electron chi connectivity index (χ0n) is 34.1. The molecular formula is C44H49N7O8S2. The highest BCUT2D eigenvalue weighted by Crippen LogP contribution is 2.17. The van der Waals surface area contributed by atoms with Crippen LogP contribution in [-0.4, -0.2) is 83.6 Å². The van der Waals surface area contributed by atoms with Crippen molar-refractivity contribution in [2.75, 3.05) is 19.6 Å². The molecule has 15 nitrogen and oxygen atoms in total. The van der Waals surface area contributed by atoms with Gasteiger partial charge < -0.3 is 20.1 Å². The maximum Gasteiger partial charge on any atom is 0.407 e. The Labute approximate surface area is 356 Å². The molecule has 0 radical (unpaired) electrons. The van der Waals surface area contributed by atoms with Crippen molar-refractivity contribution >= 4 is 32.2 Å². The van der Waals surface area contributed by atoms with Gasteiger partial charge in [-0.2, -0.15) is 0 Å². The van der Waals surface area contributed by atoms with Crippen LogP contribution in [0.2, 0.25) is 0 Å². The number of aromatic nitrogens is 4. The highest BCUT2D eigenvalue weighted by atomic mass is 32.2. The highest BCUT2D eigenvalue weighted by Gasteiger charge is 2.24. The lowest BCUT2D eigenvalue weighted by atomic mass is 10.0. The molecule has 2 N–H and O–H groups in total. The van der Waals surface area contributed by atoms with E-state index < -0.39 is 44.3 Å². The van der Waals surface area contributed by atoms with Crippen LogP contribution in [0.25, 0.3) is 0 Å². The van der Waals surface area contributed by atoms with E-state index in [0.717, 1.165) is 30.2 Å². The third kappa shape index (κ3) is 12.4. The van der Waals surface area contributed by atoms with Gasteiger partial charge in [0.15, 0.2) is 0 Å². The van der Waals surface area contributed by atoms with Gasteiger partial charge in [-0.25, -0.2) is 44.3 Å². The second-order valence-electron chi connectivity index (χ2n) is 14.6. The van der Waals surface area contributed by atoms with Crippen molar-refractivity contribution in [3.8, 4) is 0 Å². The van der Waals surface area contributed by atoms with E-state index >= 15 is 0 Å². The lowest BCUT2D eigenvalue weighted by Gasteiger charge is -2.30. The Morgan fingerprint density at radius 3 is 1.34 bits per heavy atom. The summed E-state index contributed by atoms with van der Waals surface area (Å²) in [5.74, 6) is 0. The van der Waals surface area contributed by atoms with Gasteiger partial charge in [0.1, 0.15) is 25.9 Å². The predicted molar refractivity (Wildman–Crippen MR) is 229 cm³/mol. The van der Waals surface area contributed by atoms with Crippen LogP contribution < -0.4 is 10.6 Å². The molecule has 0 unspecified atom stereocenters. The van der Waals surface area contributed by atoms with E-state index in [1.807, 2.05) is 81.4 Å². The zero-order chi connectivity index (χ0) is 43.4. The number of rotatable bonds is 19. The summed E-state index contributed by atoms with van der Waals surface area (Å²) in [4.78, 5) is 37.2. The lowest BCUT2D eigenvalue weighted by molar-refractivity contribution is 0.125. The molecule has 0 saturated carbocycles. The van der Waals surface area contributed by atoms with Crippen molar-refractivity contribution in [3.05, 3.63) is 168 Å². The zero-order valence-corrected chi connectivity index (χ0v) is 35.8. The molecule has 2 aromatic heterocycles.